The zero-order chi connectivity index (χ0) is 20.1. The summed E-state index contributed by atoms with van der Waals surface area (Å²) in [5.74, 6) is -0.269. The van der Waals surface area contributed by atoms with Crippen molar-refractivity contribution >= 4 is 10.1 Å². The van der Waals surface area contributed by atoms with E-state index in [1.807, 2.05) is 24.3 Å². The number of hydrogen-bond acceptors (Lipinski definition) is 4. The summed E-state index contributed by atoms with van der Waals surface area (Å²) in [4.78, 5) is 2.40. The van der Waals surface area contributed by atoms with Crippen LogP contribution in [-0.4, -0.2) is 31.9 Å². The highest BCUT2D eigenvalue weighted by Crippen LogP contribution is 2.48. The maximum atomic E-state index is 12.9. The van der Waals surface area contributed by atoms with E-state index in [1.165, 1.54) is 6.07 Å². The number of hydrogen-bond donors (Lipinski definition) is 0. The quantitative estimate of drug-likeness (QED) is 0.551. The lowest BCUT2D eigenvalue weighted by Crippen LogP contribution is -2.39. The lowest BCUT2D eigenvalue weighted by Gasteiger charge is -2.41. The number of rotatable bonds is 4. The molecular formula is C20H20F3NO3S. The predicted molar refractivity (Wildman–Crippen MR) is 99.5 cm³/mol. The third kappa shape index (κ3) is 3.08. The minimum atomic E-state index is -5.73. The van der Waals surface area contributed by atoms with Gasteiger partial charge in [0.1, 0.15) is 0 Å². The molecule has 2 aromatic carbocycles. The largest absolute Gasteiger partial charge is 0.534 e. The summed E-state index contributed by atoms with van der Waals surface area (Å²) in [6.07, 6.45) is 2.48. The topological polar surface area (TPSA) is 46.6 Å². The fourth-order valence-corrected chi connectivity index (χ4v) is 4.80. The standard InChI is InChI=1S/C20H20F3NO3S/c1-2-10-24-11-9-13-5-3-7-15-18(13)16(24)12-14-6-4-8-17(19(14)15)27-28(25,26)20(21,22)23/h3-8,16H,2,9-12H2,1H3. The summed E-state index contributed by atoms with van der Waals surface area (Å²) in [6.45, 7) is 3.99. The van der Waals surface area contributed by atoms with E-state index in [2.05, 4.69) is 16.0 Å². The molecule has 2 aromatic rings. The van der Waals surface area contributed by atoms with Crippen molar-refractivity contribution in [2.75, 3.05) is 13.1 Å². The van der Waals surface area contributed by atoms with Gasteiger partial charge < -0.3 is 4.18 Å². The Kier molecular flexibility index (Phi) is 4.66. The molecule has 1 heterocycles. The van der Waals surface area contributed by atoms with Gasteiger partial charge in [-0.1, -0.05) is 37.3 Å². The Morgan fingerprint density at radius 3 is 2.57 bits per heavy atom. The smallest absolute Gasteiger partial charge is 0.375 e. The summed E-state index contributed by atoms with van der Waals surface area (Å²) < 4.78 is 66.3. The first-order valence-electron chi connectivity index (χ1n) is 9.22. The van der Waals surface area contributed by atoms with Crippen molar-refractivity contribution < 1.29 is 25.8 Å². The van der Waals surface area contributed by atoms with E-state index in [0.29, 0.717) is 12.0 Å². The molecule has 4 nitrogen and oxygen atoms in total. The maximum absolute atomic E-state index is 12.9. The second-order valence-corrected chi connectivity index (χ2v) is 8.70. The fourth-order valence-electron chi connectivity index (χ4n) is 4.33. The van der Waals surface area contributed by atoms with Gasteiger partial charge in [0, 0.05) is 18.2 Å². The van der Waals surface area contributed by atoms with Crippen LogP contribution < -0.4 is 4.18 Å². The molecule has 1 unspecified atom stereocenters. The van der Waals surface area contributed by atoms with E-state index in [-0.39, 0.29) is 11.8 Å². The molecule has 4 rings (SSSR count). The Balaban J connectivity index is 1.86. The molecule has 0 fully saturated rings. The lowest BCUT2D eigenvalue weighted by atomic mass is 9.77. The van der Waals surface area contributed by atoms with E-state index in [1.54, 1.807) is 6.07 Å². The van der Waals surface area contributed by atoms with Crippen LogP contribution in [0.15, 0.2) is 36.4 Å². The van der Waals surface area contributed by atoms with Gasteiger partial charge >= 0.3 is 15.6 Å². The van der Waals surface area contributed by atoms with Gasteiger partial charge in [-0.05, 0) is 54.1 Å². The SMILES string of the molecule is CCCN1CCc2cccc3c2C1Cc1cccc(OS(=O)(=O)C(F)(F)F)c1-3. The molecule has 1 atom stereocenters. The van der Waals surface area contributed by atoms with Crippen LogP contribution >= 0.6 is 0 Å². The fraction of sp³-hybridized carbons (Fsp3) is 0.400. The predicted octanol–water partition coefficient (Wildman–Crippen LogP) is 4.45. The van der Waals surface area contributed by atoms with Crippen molar-refractivity contribution in [1.82, 2.24) is 4.90 Å². The molecule has 28 heavy (non-hydrogen) atoms. The van der Waals surface area contributed by atoms with Crippen LogP contribution in [0.5, 0.6) is 5.75 Å². The lowest BCUT2D eigenvalue weighted by molar-refractivity contribution is -0.0499. The van der Waals surface area contributed by atoms with Gasteiger partial charge in [-0.2, -0.15) is 21.6 Å². The second-order valence-electron chi connectivity index (χ2n) is 7.16. The molecule has 1 aliphatic carbocycles. The van der Waals surface area contributed by atoms with E-state index in [9.17, 15) is 21.6 Å². The normalized spacial score (nSPS) is 19.1. The average molecular weight is 411 g/mol. The summed E-state index contributed by atoms with van der Waals surface area (Å²) in [6, 6.07) is 10.5. The van der Waals surface area contributed by atoms with Crippen molar-refractivity contribution in [2.24, 2.45) is 0 Å². The zero-order valence-corrected chi connectivity index (χ0v) is 16.1. The van der Waals surface area contributed by atoms with E-state index < -0.39 is 15.6 Å². The zero-order valence-electron chi connectivity index (χ0n) is 15.3. The van der Waals surface area contributed by atoms with Crippen LogP contribution in [0.3, 0.4) is 0 Å². The molecule has 0 saturated carbocycles. The number of nitrogens with zero attached hydrogens (tertiary/aromatic N) is 1. The molecule has 2 aliphatic rings. The maximum Gasteiger partial charge on any atom is 0.534 e. The number of benzene rings is 2. The van der Waals surface area contributed by atoms with Crippen molar-refractivity contribution in [2.45, 2.75) is 37.7 Å². The van der Waals surface area contributed by atoms with E-state index in [0.717, 1.165) is 48.2 Å². The Morgan fingerprint density at radius 1 is 1.14 bits per heavy atom. The van der Waals surface area contributed by atoms with Gasteiger partial charge in [-0.25, -0.2) is 0 Å². The Bertz CT molecular complexity index is 1020. The van der Waals surface area contributed by atoms with Crippen LogP contribution in [-0.2, 0) is 23.0 Å². The highest BCUT2D eigenvalue weighted by atomic mass is 32.2. The van der Waals surface area contributed by atoms with Gasteiger partial charge in [0.2, 0.25) is 0 Å². The molecule has 0 amide bonds. The molecule has 1 aliphatic heterocycles. The van der Waals surface area contributed by atoms with Gasteiger partial charge in [-0.3, -0.25) is 4.90 Å². The molecule has 0 saturated heterocycles. The van der Waals surface area contributed by atoms with Crippen molar-refractivity contribution in [1.29, 1.82) is 0 Å². The minimum Gasteiger partial charge on any atom is -0.375 e. The molecule has 0 radical (unpaired) electrons. The third-order valence-electron chi connectivity index (χ3n) is 5.43. The van der Waals surface area contributed by atoms with Crippen LogP contribution in [0, 0.1) is 0 Å². The molecule has 0 N–H and O–H groups in total. The van der Waals surface area contributed by atoms with Gasteiger partial charge in [0.05, 0.1) is 0 Å². The molecule has 0 bridgehead atoms. The highest BCUT2D eigenvalue weighted by molar-refractivity contribution is 7.88. The second kappa shape index (κ2) is 6.77. The first-order valence-corrected chi connectivity index (χ1v) is 10.6. The summed E-state index contributed by atoms with van der Waals surface area (Å²) in [5, 5.41) is 0. The van der Waals surface area contributed by atoms with Gasteiger partial charge in [0.15, 0.2) is 5.75 Å². The van der Waals surface area contributed by atoms with Crippen LogP contribution in [0.4, 0.5) is 13.2 Å². The molecule has 0 spiro atoms. The summed E-state index contributed by atoms with van der Waals surface area (Å²) >= 11 is 0. The molecule has 0 aromatic heterocycles. The molecule has 150 valence electrons. The van der Waals surface area contributed by atoms with Crippen LogP contribution in [0.1, 0.15) is 36.1 Å². The molecular weight excluding hydrogens is 391 g/mol. The van der Waals surface area contributed by atoms with Crippen molar-refractivity contribution in [3.8, 4) is 16.9 Å². The van der Waals surface area contributed by atoms with Crippen molar-refractivity contribution in [3.05, 3.63) is 53.1 Å². The minimum absolute atomic E-state index is 0.141. The van der Waals surface area contributed by atoms with Gasteiger partial charge in [-0.15, -0.1) is 0 Å². The monoisotopic (exact) mass is 411 g/mol. The van der Waals surface area contributed by atoms with Crippen molar-refractivity contribution in [3.63, 3.8) is 0 Å². The molecule has 8 heteroatoms. The van der Waals surface area contributed by atoms with Crippen LogP contribution in [0.2, 0.25) is 0 Å². The summed E-state index contributed by atoms with van der Waals surface area (Å²) in [5.41, 5.74) is -1.22. The number of fused-ring (bicyclic) bond motifs is 2. The highest BCUT2D eigenvalue weighted by Gasteiger charge is 2.49. The average Bonchev–Trinajstić information content (AvgIpc) is 2.63. The number of halogens is 3. The first kappa shape index (κ1) is 19.3. The third-order valence-corrected chi connectivity index (χ3v) is 6.39. The Hall–Kier alpha value is -2.06. The first-order chi connectivity index (χ1) is 13.2. The van der Waals surface area contributed by atoms with E-state index >= 15 is 0 Å². The van der Waals surface area contributed by atoms with Crippen LogP contribution in [0.25, 0.3) is 11.1 Å². The number of alkyl halides is 3. The Morgan fingerprint density at radius 2 is 1.86 bits per heavy atom. The van der Waals surface area contributed by atoms with E-state index in [4.69, 9.17) is 0 Å². The van der Waals surface area contributed by atoms with Gasteiger partial charge in [0.25, 0.3) is 0 Å². The summed E-state index contributed by atoms with van der Waals surface area (Å²) in [7, 11) is -5.73. The Labute approximate surface area is 162 Å².